The Kier molecular flexibility index (Phi) is 5.39. The van der Waals surface area contributed by atoms with Crippen LogP contribution in [-0.4, -0.2) is 42.2 Å². The Hall–Kier alpha value is -2.18. The van der Waals surface area contributed by atoms with E-state index in [2.05, 4.69) is 18.2 Å². The molecule has 5 nitrogen and oxygen atoms in total. The molecule has 1 aliphatic heterocycles. The molecular weight excluding hydrogens is 408 g/mol. The van der Waals surface area contributed by atoms with Gasteiger partial charge in [-0.15, -0.1) is 0 Å². The molecule has 0 radical (unpaired) electrons. The van der Waals surface area contributed by atoms with Crippen molar-refractivity contribution in [2.75, 3.05) is 6.54 Å². The van der Waals surface area contributed by atoms with Crippen LogP contribution in [0, 0.1) is 0 Å². The highest BCUT2D eigenvalue weighted by molar-refractivity contribution is 7.89. The van der Waals surface area contributed by atoms with E-state index in [0.717, 1.165) is 44.9 Å². The van der Waals surface area contributed by atoms with Crippen LogP contribution < -0.4 is 0 Å². The maximum atomic E-state index is 13.7. The second kappa shape index (κ2) is 8.06. The monoisotopic (exact) mass is 438 g/mol. The number of carbonyl (C=O) groups is 1. The molecule has 0 bridgehead atoms. The summed E-state index contributed by atoms with van der Waals surface area (Å²) in [6.45, 7) is 2.52. The van der Waals surface area contributed by atoms with Crippen LogP contribution in [0.2, 0.25) is 0 Å². The summed E-state index contributed by atoms with van der Waals surface area (Å²) in [5.41, 5.74) is 3.04. The number of nitrogens with zero attached hydrogens (tertiary/aromatic N) is 2. The molecule has 2 fully saturated rings. The van der Waals surface area contributed by atoms with Crippen molar-refractivity contribution >= 4 is 15.9 Å². The van der Waals surface area contributed by atoms with E-state index in [1.807, 2.05) is 17.9 Å². The molecule has 3 aliphatic rings. The summed E-state index contributed by atoms with van der Waals surface area (Å²) in [5.74, 6) is -0.0482. The van der Waals surface area contributed by atoms with Gasteiger partial charge in [0.25, 0.3) is 5.91 Å². The smallest absolute Gasteiger partial charge is 0.254 e. The first-order chi connectivity index (χ1) is 15.0. The van der Waals surface area contributed by atoms with Crippen molar-refractivity contribution in [3.05, 3.63) is 65.2 Å². The molecule has 1 saturated heterocycles. The number of hydrogen-bond donors (Lipinski definition) is 0. The number of piperidine rings is 1. The number of aryl methyl sites for hydroxylation is 1. The third kappa shape index (κ3) is 3.80. The normalized spacial score (nSPS) is 24.0. The fraction of sp³-hybridized carbons (Fsp3) is 0.480. The molecule has 5 rings (SSSR count). The Bertz CT molecular complexity index is 1090. The molecule has 0 aromatic heterocycles. The average molecular weight is 439 g/mol. The third-order valence-corrected chi connectivity index (χ3v) is 9.05. The molecule has 164 valence electrons. The van der Waals surface area contributed by atoms with Gasteiger partial charge >= 0.3 is 0 Å². The summed E-state index contributed by atoms with van der Waals surface area (Å²) in [6, 6.07) is 15.4. The van der Waals surface area contributed by atoms with Gasteiger partial charge in [-0.05, 0) is 74.8 Å². The highest BCUT2D eigenvalue weighted by Gasteiger charge is 2.41. The van der Waals surface area contributed by atoms with Crippen LogP contribution >= 0.6 is 0 Å². The zero-order valence-corrected chi connectivity index (χ0v) is 18.9. The Balaban J connectivity index is 1.46. The maximum absolute atomic E-state index is 13.7. The maximum Gasteiger partial charge on any atom is 0.254 e. The van der Waals surface area contributed by atoms with E-state index in [-0.39, 0.29) is 28.9 Å². The summed E-state index contributed by atoms with van der Waals surface area (Å²) in [7, 11) is -3.60. The minimum absolute atomic E-state index is 0.00365. The number of rotatable bonds is 5. The van der Waals surface area contributed by atoms with Gasteiger partial charge in [0.2, 0.25) is 10.0 Å². The Labute approximate surface area is 185 Å². The number of hydrogen-bond acceptors (Lipinski definition) is 3. The van der Waals surface area contributed by atoms with E-state index in [0.29, 0.717) is 12.1 Å². The summed E-state index contributed by atoms with van der Waals surface area (Å²) in [4.78, 5) is 15.9. The first-order valence-corrected chi connectivity index (χ1v) is 12.9. The largest absolute Gasteiger partial charge is 0.329 e. The zero-order valence-electron chi connectivity index (χ0n) is 18.0. The lowest BCUT2D eigenvalue weighted by molar-refractivity contribution is 0.0658. The fourth-order valence-electron chi connectivity index (χ4n) is 5.24. The lowest BCUT2D eigenvalue weighted by Crippen LogP contribution is -2.42. The fourth-order valence-corrected chi connectivity index (χ4v) is 6.99. The molecule has 2 aromatic rings. The van der Waals surface area contributed by atoms with Crippen molar-refractivity contribution in [2.24, 2.45) is 0 Å². The minimum Gasteiger partial charge on any atom is -0.329 e. The molecule has 2 unspecified atom stereocenters. The van der Waals surface area contributed by atoms with Crippen LogP contribution in [0.5, 0.6) is 0 Å². The van der Waals surface area contributed by atoms with E-state index >= 15 is 0 Å². The van der Waals surface area contributed by atoms with E-state index in [1.165, 1.54) is 11.1 Å². The molecule has 2 atom stereocenters. The van der Waals surface area contributed by atoms with Crippen LogP contribution in [-0.2, 0) is 16.4 Å². The molecular formula is C25H30N2O3S. The van der Waals surface area contributed by atoms with E-state index < -0.39 is 10.0 Å². The SMILES string of the molecule is CC1CCCCN1S(=O)(=O)c1cccc(C(=O)N(C2CC2)C2CCc3ccccc32)c1. The second-order valence-corrected chi connectivity index (χ2v) is 11.1. The average Bonchev–Trinajstić information content (AvgIpc) is 3.53. The number of amides is 1. The van der Waals surface area contributed by atoms with Crippen molar-refractivity contribution in [3.8, 4) is 0 Å². The van der Waals surface area contributed by atoms with Gasteiger partial charge in [0.1, 0.15) is 0 Å². The predicted octanol–water partition coefficient (Wildman–Crippen LogP) is 4.54. The van der Waals surface area contributed by atoms with Gasteiger partial charge in [-0.1, -0.05) is 36.8 Å². The molecule has 2 aromatic carbocycles. The van der Waals surface area contributed by atoms with Gasteiger partial charge in [0.05, 0.1) is 10.9 Å². The van der Waals surface area contributed by atoms with Gasteiger partial charge in [-0.25, -0.2) is 8.42 Å². The highest BCUT2D eigenvalue weighted by Crippen LogP contribution is 2.42. The summed E-state index contributed by atoms with van der Waals surface area (Å²) >= 11 is 0. The van der Waals surface area contributed by atoms with Crippen LogP contribution in [0.15, 0.2) is 53.4 Å². The lowest BCUT2D eigenvalue weighted by Gasteiger charge is -2.32. The van der Waals surface area contributed by atoms with Crippen LogP contribution in [0.4, 0.5) is 0 Å². The minimum atomic E-state index is -3.60. The lowest BCUT2D eigenvalue weighted by atomic mass is 10.1. The Morgan fingerprint density at radius 1 is 1.00 bits per heavy atom. The van der Waals surface area contributed by atoms with Gasteiger partial charge in [0, 0.05) is 24.2 Å². The topological polar surface area (TPSA) is 57.7 Å². The molecule has 2 aliphatic carbocycles. The Morgan fingerprint density at radius 3 is 2.58 bits per heavy atom. The first-order valence-electron chi connectivity index (χ1n) is 11.5. The van der Waals surface area contributed by atoms with Crippen molar-refractivity contribution in [3.63, 3.8) is 0 Å². The molecule has 1 amide bonds. The van der Waals surface area contributed by atoms with Crippen LogP contribution in [0.25, 0.3) is 0 Å². The number of fused-ring (bicyclic) bond motifs is 1. The quantitative estimate of drug-likeness (QED) is 0.689. The van der Waals surface area contributed by atoms with Gasteiger partial charge < -0.3 is 4.90 Å². The summed E-state index contributed by atoms with van der Waals surface area (Å²) in [6.07, 6.45) is 6.79. The van der Waals surface area contributed by atoms with Crippen molar-refractivity contribution in [2.45, 2.75) is 74.9 Å². The number of sulfonamides is 1. The van der Waals surface area contributed by atoms with Crippen LogP contribution in [0.1, 0.15) is 73.0 Å². The molecule has 0 spiro atoms. The van der Waals surface area contributed by atoms with Crippen molar-refractivity contribution in [1.82, 2.24) is 9.21 Å². The van der Waals surface area contributed by atoms with Crippen molar-refractivity contribution < 1.29 is 13.2 Å². The number of carbonyl (C=O) groups excluding carboxylic acids is 1. The van der Waals surface area contributed by atoms with Gasteiger partial charge in [-0.2, -0.15) is 4.31 Å². The third-order valence-electron chi connectivity index (χ3n) is 7.04. The predicted molar refractivity (Wildman–Crippen MR) is 120 cm³/mol. The van der Waals surface area contributed by atoms with E-state index in [4.69, 9.17) is 0 Å². The molecule has 1 saturated carbocycles. The second-order valence-electron chi connectivity index (χ2n) is 9.19. The first kappa shape index (κ1) is 20.7. The number of benzene rings is 2. The summed E-state index contributed by atoms with van der Waals surface area (Å²) < 4.78 is 28.2. The summed E-state index contributed by atoms with van der Waals surface area (Å²) in [5, 5.41) is 0. The van der Waals surface area contributed by atoms with Gasteiger partial charge in [0.15, 0.2) is 0 Å². The molecule has 31 heavy (non-hydrogen) atoms. The Morgan fingerprint density at radius 2 is 1.81 bits per heavy atom. The zero-order chi connectivity index (χ0) is 21.6. The van der Waals surface area contributed by atoms with Crippen molar-refractivity contribution in [1.29, 1.82) is 0 Å². The van der Waals surface area contributed by atoms with Crippen LogP contribution in [0.3, 0.4) is 0 Å². The molecule has 0 N–H and O–H groups in total. The van der Waals surface area contributed by atoms with E-state index in [1.54, 1.807) is 28.6 Å². The molecule has 6 heteroatoms. The standard InChI is InChI=1S/C25H30N2O3S/c1-18-7-4-5-16-26(18)31(29,30)22-10-6-9-20(17-22)25(28)27(21-13-14-21)24-15-12-19-8-2-3-11-23(19)24/h2-3,6,8-11,17-18,21,24H,4-5,7,12-16H2,1H3. The molecule has 1 heterocycles. The highest BCUT2D eigenvalue weighted by atomic mass is 32.2. The van der Waals surface area contributed by atoms with E-state index in [9.17, 15) is 13.2 Å². The van der Waals surface area contributed by atoms with Gasteiger partial charge in [-0.3, -0.25) is 4.79 Å².